The van der Waals surface area contributed by atoms with Crippen LogP contribution in [0.2, 0.25) is 10.0 Å². The highest BCUT2D eigenvalue weighted by Crippen LogP contribution is 2.47. The Morgan fingerprint density at radius 2 is 1.96 bits per heavy atom. The van der Waals surface area contributed by atoms with E-state index in [-0.39, 0.29) is 22.9 Å². The van der Waals surface area contributed by atoms with Gasteiger partial charge in [0.25, 0.3) is 5.91 Å². The van der Waals surface area contributed by atoms with E-state index in [2.05, 4.69) is 15.2 Å². The van der Waals surface area contributed by atoms with Crippen molar-refractivity contribution in [3.05, 3.63) is 51.3 Å². The Morgan fingerprint density at radius 1 is 1.25 bits per heavy atom. The molecule has 0 unspecified atom stereocenters. The van der Waals surface area contributed by atoms with Crippen LogP contribution in [0.3, 0.4) is 0 Å². The molecule has 2 N–H and O–H groups in total. The van der Waals surface area contributed by atoms with Gasteiger partial charge in [-0.3, -0.25) is 4.79 Å². The van der Waals surface area contributed by atoms with Crippen LogP contribution in [-0.2, 0) is 4.74 Å². The molecule has 1 aromatic carbocycles. The molecule has 1 amide bonds. The smallest absolute Gasteiger partial charge is 0.338 e. The van der Waals surface area contributed by atoms with Crippen LogP contribution in [0.4, 0.5) is 5.69 Å². The van der Waals surface area contributed by atoms with E-state index in [4.69, 9.17) is 27.9 Å². The van der Waals surface area contributed by atoms with Crippen molar-refractivity contribution in [1.29, 1.82) is 0 Å². The number of ether oxygens (including phenoxy) is 1. The first-order chi connectivity index (χ1) is 13.4. The number of aryl methyl sites for hydroxylation is 1. The SMILES string of the molecule is CCOC(=O)c1cccc(N2C[C@@H]3[C@H](C2)[C@@H]3NC(=O)c2[nH]c(C)c(Cl)c2Cl)c1. The van der Waals surface area contributed by atoms with Crippen LogP contribution in [0.5, 0.6) is 0 Å². The van der Waals surface area contributed by atoms with Crippen molar-refractivity contribution in [2.75, 3.05) is 24.6 Å². The highest BCUT2D eigenvalue weighted by molar-refractivity contribution is 6.44. The van der Waals surface area contributed by atoms with Gasteiger partial charge in [-0.15, -0.1) is 0 Å². The Balaban J connectivity index is 1.37. The van der Waals surface area contributed by atoms with Gasteiger partial charge in [0.05, 0.1) is 22.2 Å². The second-order valence-electron chi connectivity index (χ2n) is 7.26. The molecule has 8 heteroatoms. The maximum absolute atomic E-state index is 12.5. The van der Waals surface area contributed by atoms with Crippen LogP contribution in [0.1, 0.15) is 33.5 Å². The molecule has 1 saturated heterocycles. The summed E-state index contributed by atoms with van der Waals surface area (Å²) in [5, 5.41) is 3.71. The zero-order valence-corrected chi connectivity index (χ0v) is 17.1. The number of aromatic amines is 1. The van der Waals surface area contributed by atoms with Crippen LogP contribution in [0.15, 0.2) is 24.3 Å². The molecule has 1 aliphatic carbocycles. The summed E-state index contributed by atoms with van der Waals surface area (Å²) in [5.74, 6) is 0.242. The number of esters is 1. The molecule has 6 nitrogen and oxygen atoms in total. The molecule has 4 rings (SSSR count). The molecule has 148 valence electrons. The third-order valence-corrected chi connectivity index (χ3v) is 6.44. The van der Waals surface area contributed by atoms with E-state index in [1.807, 2.05) is 18.2 Å². The largest absolute Gasteiger partial charge is 0.462 e. The van der Waals surface area contributed by atoms with Gasteiger partial charge in [-0.05, 0) is 32.0 Å². The summed E-state index contributed by atoms with van der Waals surface area (Å²) in [4.78, 5) is 29.6. The standard InChI is InChI=1S/C20H21Cl2N3O3/c1-3-28-20(27)11-5-4-6-12(7-11)25-8-13-14(9-25)17(13)24-19(26)18-16(22)15(21)10(2)23-18/h4-7,13-14,17,23H,3,8-9H2,1-2H3,(H,24,26)/t13-,14+,17-. The Labute approximate surface area is 173 Å². The monoisotopic (exact) mass is 421 g/mol. The summed E-state index contributed by atoms with van der Waals surface area (Å²) in [6.45, 7) is 5.59. The van der Waals surface area contributed by atoms with Crippen LogP contribution in [-0.4, -0.2) is 42.6 Å². The van der Waals surface area contributed by atoms with E-state index < -0.39 is 0 Å². The van der Waals surface area contributed by atoms with Gasteiger partial charge in [0, 0.05) is 42.3 Å². The van der Waals surface area contributed by atoms with Gasteiger partial charge < -0.3 is 19.9 Å². The zero-order valence-electron chi connectivity index (χ0n) is 15.6. The van der Waals surface area contributed by atoms with Crippen LogP contribution < -0.4 is 10.2 Å². The summed E-state index contributed by atoms with van der Waals surface area (Å²) >= 11 is 12.2. The number of nitrogens with one attached hydrogen (secondary N) is 2. The Bertz CT molecular complexity index is 931. The van der Waals surface area contributed by atoms with Crippen molar-refractivity contribution in [2.45, 2.75) is 19.9 Å². The second-order valence-corrected chi connectivity index (χ2v) is 8.01. The summed E-state index contributed by atoms with van der Waals surface area (Å²) < 4.78 is 5.07. The molecular formula is C20H21Cl2N3O3. The molecule has 28 heavy (non-hydrogen) atoms. The first-order valence-electron chi connectivity index (χ1n) is 9.27. The first kappa shape index (κ1) is 19.2. The van der Waals surface area contributed by atoms with Crippen molar-refractivity contribution >= 4 is 40.8 Å². The molecule has 0 spiro atoms. The molecule has 3 atom stereocenters. The van der Waals surface area contributed by atoms with E-state index >= 15 is 0 Å². The van der Waals surface area contributed by atoms with E-state index in [0.717, 1.165) is 18.8 Å². The van der Waals surface area contributed by atoms with Gasteiger partial charge in [-0.25, -0.2) is 4.79 Å². The lowest BCUT2D eigenvalue weighted by atomic mass is 10.2. The molecular weight excluding hydrogens is 401 g/mol. The third kappa shape index (κ3) is 3.35. The average molecular weight is 422 g/mol. The molecule has 1 aromatic heterocycles. The maximum Gasteiger partial charge on any atom is 0.338 e. The molecule has 2 aliphatic rings. The maximum atomic E-state index is 12.5. The van der Waals surface area contributed by atoms with Gasteiger partial charge in [0.1, 0.15) is 5.69 Å². The highest BCUT2D eigenvalue weighted by atomic mass is 35.5. The van der Waals surface area contributed by atoms with Gasteiger partial charge >= 0.3 is 5.97 Å². The molecule has 2 heterocycles. The van der Waals surface area contributed by atoms with Crippen molar-refractivity contribution in [1.82, 2.24) is 10.3 Å². The second kappa shape index (κ2) is 7.33. The fourth-order valence-corrected chi connectivity index (χ4v) is 4.36. The number of anilines is 1. The van der Waals surface area contributed by atoms with Crippen LogP contribution in [0.25, 0.3) is 0 Å². The fraction of sp³-hybridized carbons (Fsp3) is 0.400. The molecule has 1 aliphatic heterocycles. The lowest BCUT2D eigenvalue weighted by molar-refractivity contribution is 0.0526. The predicted molar refractivity (Wildman–Crippen MR) is 108 cm³/mol. The number of piperidine rings is 1. The van der Waals surface area contributed by atoms with Gasteiger partial charge in [0.15, 0.2) is 0 Å². The summed E-state index contributed by atoms with van der Waals surface area (Å²) in [5.41, 5.74) is 2.55. The summed E-state index contributed by atoms with van der Waals surface area (Å²) in [6.07, 6.45) is 0. The number of hydrogen-bond donors (Lipinski definition) is 2. The molecule has 0 bridgehead atoms. The van der Waals surface area contributed by atoms with E-state index in [0.29, 0.717) is 40.4 Å². The van der Waals surface area contributed by atoms with Crippen molar-refractivity contribution < 1.29 is 14.3 Å². The minimum atomic E-state index is -0.310. The summed E-state index contributed by atoms with van der Waals surface area (Å²) in [6, 6.07) is 7.61. The fourth-order valence-electron chi connectivity index (χ4n) is 3.95. The number of halogens is 2. The number of benzene rings is 1. The Morgan fingerprint density at radius 3 is 2.57 bits per heavy atom. The lowest BCUT2D eigenvalue weighted by Gasteiger charge is -2.22. The number of nitrogens with zero attached hydrogens (tertiary/aromatic N) is 1. The Kier molecular flexibility index (Phi) is 5.02. The number of amides is 1. The first-order valence-corrected chi connectivity index (χ1v) is 10.0. The zero-order chi connectivity index (χ0) is 20.0. The molecule has 2 aromatic rings. The van der Waals surface area contributed by atoms with Gasteiger partial charge in [-0.2, -0.15) is 0 Å². The van der Waals surface area contributed by atoms with Crippen LogP contribution >= 0.6 is 23.2 Å². The van der Waals surface area contributed by atoms with Crippen molar-refractivity contribution in [3.8, 4) is 0 Å². The average Bonchev–Trinajstić information content (AvgIpc) is 3.02. The minimum Gasteiger partial charge on any atom is -0.462 e. The summed E-state index contributed by atoms with van der Waals surface area (Å²) in [7, 11) is 0. The lowest BCUT2D eigenvalue weighted by Crippen LogP contribution is -2.35. The highest BCUT2D eigenvalue weighted by Gasteiger charge is 2.56. The number of carbonyl (C=O) groups excluding carboxylic acids is 2. The molecule has 1 saturated carbocycles. The number of hydrogen-bond acceptors (Lipinski definition) is 4. The quantitative estimate of drug-likeness (QED) is 0.722. The third-order valence-electron chi connectivity index (χ3n) is 5.50. The number of carbonyl (C=O) groups is 2. The van der Waals surface area contributed by atoms with E-state index in [1.54, 1.807) is 19.9 Å². The molecule has 0 radical (unpaired) electrons. The van der Waals surface area contributed by atoms with Crippen LogP contribution in [0, 0.1) is 18.8 Å². The molecule has 2 fully saturated rings. The van der Waals surface area contributed by atoms with Gasteiger partial charge in [-0.1, -0.05) is 29.3 Å². The predicted octanol–water partition coefficient (Wildman–Crippen LogP) is 3.67. The minimum absolute atomic E-state index is 0.135. The number of aromatic nitrogens is 1. The normalized spacial score (nSPS) is 22.7. The van der Waals surface area contributed by atoms with E-state index in [9.17, 15) is 9.59 Å². The van der Waals surface area contributed by atoms with Crippen molar-refractivity contribution in [2.24, 2.45) is 11.8 Å². The Hall–Kier alpha value is -2.18. The van der Waals surface area contributed by atoms with E-state index in [1.165, 1.54) is 0 Å². The number of rotatable bonds is 5. The van der Waals surface area contributed by atoms with Crippen molar-refractivity contribution in [3.63, 3.8) is 0 Å². The topological polar surface area (TPSA) is 74.4 Å². The van der Waals surface area contributed by atoms with Gasteiger partial charge in [0.2, 0.25) is 0 Å². The number of fused-ring (bicyclic) bond motifs is 1. The number of H-pyrrole nitrogens is 1.